The molecule has 0 bridgehead atoms. The van der Waals surface area contributed by atoms with Crippen LogP contribution in [0.3, 0.4) is 0 Å². The van der Waals surface area contributed by atoms with Crippen LogP contribution in [0.15, 0.2) is 48.7 Å². The van der Waals surface area contributed by atoms with E-state index in [1.54, 1.807) is 12.1 Å². The number of aromatic nitrogens is 1. The lowest BCUT2D eigenvalue weighted by Crippen LogP contribution is -2.26. The van der Waals surface area contributed by atoms with E-state index in [0.29, 0.717) is 23.7 Å². The zero-order chi connectivity index (χ0) is 18.1. The second kappa shape index (κ2) is 6.96. The van der Waals surface area contributed by atoms with E-state index in [0.717, 1.165) is 17.5 Å². The number of fused-ring (bicyclic) bond motifs is 1. The highest BCUT2D eigenvalue weighted by Gasteiger charge is 2.22. The quantitative estimate of drug-likeness (QED) is 0.545. The number of nitrogens with two attached hydrogens (primary N) is 1. The first-order valence-electron chi connectivity index (χ1n) is 9.28. The highest BCUT2D eigenvalue weighted by molar-refractivity contribution is 5.98. The Labute approximate surface area is 154 Å². The number of carbonyl (C=O) groups is 1. The second-order valence-electron chi connectivity index (χ2n) is 7.40. The van der Waals surface area contributed by atoms with Crippen molar-refractivity contribution in [2.24, 2.45) is 0 Å². The number of nitrogens with zero attached hydrogens (tertiary/aromatic N) is 1. The molecular formula is C22H25N3O. The van der Waals surface area contributed by atoms with Gasteiger partial charge in [0, 0.05) is 40.8 Å². The Hall–Kier alpha value is -2.59. The highest BCUT2D eigenvalue weighted by Crippen LogP contribution is 2.26. The third kappa shape index (κ3) is 3.37. The molecule has 1 fully saturated rings. The van der Waals surface area contributed by atoms with Crippen LogP contribution in [0.5, 0.6) is 0 Å². The number of aromatic amines is 1. The van der Waals surface area contributed by atoms with Gasteiger partial charge in [-0.05, 0) is 68.2 Å². The van der Waals surface area contributed by atoms with Crippen LogP contribution in [0.25, 0.3) is 10.9 Å². The zero-order valence-electron chi connectivity index (χ0n) is 15.2. The summed E-state index contributed by atoms with van der Waals surface area (Å²) in [6.45, 7) is 1.19. The van der Waals surface area contributed by atoms with Gasteiger partial charge in [0.15, 0.2) is 5.78 Å². The molecule has 0 radical (unpaired) electrons. The summed E-state index contributed by atoms with van der Waals surface area (Å²) in [7, 11) is 2.21. The minimum absolute atomic E-state index is 0.101. The van der Waals surface area contributed by atoms with Crippen molar-refractivity contribution in [1.82, 2.24) is 9.88 Å². The van der Waals surface area contributed by atoms with E-state index in [1.165, 1.54) is 30.3 Å². The molecule has 0 saturated carbocycles. The number of carbonyl (C=O) groups excluding carboxylic acids is 1. The third-order valence-electron chi connectivity index (χ3n) is 5.53. The minimum atomic E-state index is 0.101. The molecule has 4 nitrogen and oxygen atoms in total. The van der Waals surface area contributed by atoms with Crippen molar-refractivity contribution in [2.45, 2.75) is 31.7 Å². The van der Waals surface area contributed by atoms with Crippen molar-refractivity contribution in [2.75, 3.05) is 19.3 Å². The lowest BCUT2D eigenvalue weighted by Gasteiger charge is -2.18. The second-order valence-corrected chi connectivity index (χ2v) is 7.40. The minimum Gasteiger partial charge on any atom is -0.399 e. The topological polar surface area (TPSA) is 62.1 Å². The fourth-order valence-electron chi connectivity index (χ4n) is 3.99. The fourth-order valence-corrected chi connectivity index (χ4v) is 3.99. The van der Waals surface area contributed by atoms with E-state index >= 15 is 0 Å². The monoisotopic (exact) mass is 347 g/mol. The van der Waals surface area contributed by atoms with Gasteiger partial charge in [-0.25, -0.2) is 0 Å². The summed E-state index contributed by atoms with van der Waals surface area (Å²) in [6.07, 6.45) is 6.12. The molecule has 0 spiro atoms. The van der Waals surface area contributed by atoms with Crippen molar-refractivity contribution < 1.29 is 4.79 Å². The van der Waals surface area contributed by atoms with Crippen molar-refractivity contribution >= 4 is 22.4 Å². The molecule has 1 aliphatic heterocycles. The SMILES string of the molecule is CN1CCCC1Cc1c[nH]c2ccc(CC(=O)c3cccc(N)c3)cc12. The van der Waals surface area contributed by atoms with Gasteiger partial charge in [-0.3, -0.25) is 4.79 Å². The first kappa shape index (κ1) is 16.9. The Morgan fingerprint density at radius 3 is 2.92 bits per heavy atom. The molecule has 0 aliphatic carbocycles. The number of benzene rings is 2. The van der Waals surface area contributed by atoms with Crippen LogP contribution in [0.4, 0.5) is 5.69 Å². The first-order chi connectivity index (χ1) is 12.6. The Bertz CT molecular complexity index is 943. The summed E-state index contributed by atoms with van der Waals surface area (Å²) in [5.74, 6) is 0.101. The van der Waals surface area contributed by atoms with Gasteiger partial charge in [0.25, 0.3) is 0 Å². The zero-order valence-corrected chi connectivity index (χ0v) is 15.2. The van der Waals surface area contributed by atoms with E-state index in [1.807, 2.05) is 18.2 Å². The average Bonchev–Trinajstić information content (AvgIpc) is 3.22. The maximum absolute atomic E-state index is 12.6. The molecule has 1 atom stereocenters. The lowest BCUT2D eigenvalue weighted by atomic mass is 9.98. The van der Waals surface area contributed by atoms with E-state index in [2.05, 4.69) is 35.3 Å². The first-order valence-corrected chi connectivity index (χ1v) is 9.28. The van der Waals surface area contributed by atoms with Crippen LogP contribution < -0.4 is 5.73 Å². The normalized spacial score (nSPS) is 17.8. The molecule has 1 unspecified atom stereocenters. The molecule has 26 heavy (non-hydrogen) atoms. The molecule has 2 aromatic carbocycles. The number of hydrogen-bond acceptors (Lipinski definition) is 3. The van der Waals surface area contributed by atoms with Gasteiger partial charge in [-0.2, -0.15) is 0 Å². The number of likely N-dealkylation sites (N-methyl/N-ethyl adjacent to an activating group) is 1. The van der Waals surface area contributed by atoms with Crippen molar-refractivity contribution in [1.29, 1.82) is 0 Å². The number of Topliss-reactive ketones (excluding diaryl/α,β-unsaturated/α-hetero) is 1. The Balaban J connectivity index is 1.56. The Kier molecular flexibility index (Phi) is 4.51. The van der Waals surface area contributed by atoms with Gasteiger partial charge in [-0.1, -0.05) is 18.2 Å². The smallest absolute Gasteiger partial charge is 0.167 e. The summed E-state index contributed by atoms with van der Waals surface area (Å²) in [5.41, 5.74) is 10.6. The van der Waals surface area contributed by atoms with Gasteiger partial charge in [-0.15, -0.1) is 0 Å². The van der Waals surface area contributed by atoms with Gasteiger partial charge >= 0.3 is 0 Å². The van der Waals surface area contributed by atoms with E-state index < -0.39 is 0 Å². The predicted octanol–water partition coefficient (Wildman–Crippen LogP) is 3.81. The highest BCUT2D eigenvalue weighted by atomic mass is 16.1. The Morgan fingerprint density at radius 2 is 2.15 bits per heavy atom. The van der Waals surface area contributed by atoms with E-state index in [4.69, 9.17) is 5.73 Å². The number of anilines is 1. The van der Waals surface area contributed by atoms with Gasteiger partial charge < -0.3 is 15.6 Å². The predicted molar refractivity (Wildman–Crippen MR) is 107 cm³/mol. The van der Waals surface area contributed by atoms with Gasteiger partial charge in [0.05, 0.1) is 0 Å². The molecule has 4 heteroatoms. The number of hydrogen-bond donors (Lipinski definition) is 2. The van der Waals surface area contributed by atoms with Gasteiger partial charge in [0.2, 0.25) is 0 Å². The molecule has 4 rings (SSSR count). The summed E-state index contributed by atoms with van der Waals surface area (Å²) in [4.78, 5) is 18.4. The standard InChI is InChI=1S/C22H25N3O/c1-25-9-3-6-19(25)13-17-14-24-21-8-7-15(10-20(17)21)11-22(26)16-4-2-5-18(23)12-16/h2,4-5,7-8,10,12,14,19,24H,3,6,9,11,13,23H2,1H3. The Morgan fingerprint density at radius 1 is 1.27 bits per heavy atom. The van der Waals surface area contributed by atoms with Crippen molar-refractivity contribution in [3.05, 3.63) is 65.4 Å². The molecule has 134 valence electrons. The number of nitrogen functional groups attached to an aromatic ring is 1. The fraction of sp³-hybridized carbons (Fsp3) is 0.318. The van der Waals surface area contributed by atoms with Gasteiger partial charge in [0.1, 0.15) is 0 Å². The molecule has 3 N–H and O–H groups in total. The molecule has 0 amide bonds. The molecule has 1 saturated heterocycles. The number of rotatable bonds is 5. The summed E-state index contributed by atoms with van der Waals surface area (Å²) < 4.78 is 0. The van der Waals surface area contributed by atoms with Crippen LogP contribution in [0, 0.1) is 0 Å². The molecule has 2 heterocycles. The molecule has 3 aromatic rings. The van der Waals surface area contributed by atoms with Crippen LogP contribution >= 0.6 is 0 Å². The number of nitrogens with one attached hydrogen (secondary N) is 1. The average molecular weight is 347 g/mol. The summed E-state index contributed by atoms with van der Waals surface area (Å²) in [6, 6.07) is 14.1. The lowest BCUT2D eigenvalue weighted by molar-refractivity contribution is 0.0993. The maximum Gasteiger partial charge on any atom is 0.167 e. The van der Waals surface area contributed by atoms with Crippen LogP contribution in [-0.2, 0) is 12.8 Å². The largest absolute Gasteiger partial charge is 0.399 e. The van der Waals surface area contributed by atoms with Crippen LogP contribution in [0.2, 0.25) is 0 Å². The maximum atomic E-state index is 12.6. The summed E-state index contributed by atoms with van der Waals surface area (Å²) in [5, 5.41) is 1.24. The van der Waals surface area contributed by atoms with E-state index in [-0.39, 0.29) is 5.78 Å². The molecule has 1 aromatic heterocycles. The third-order valence-corrected chi connectivity index (χ3v) is 5.53. The number of ketones is 1. The van der Waals surface area contributed by atoms with Crippen molar-refractivity contribution in [3.8, 4) is 0 Å². The van der Waals surface area contributed by atoms with Crippen LogP contribution in [-0.4, -0.2) is 35.3 Å². The summed E-state index contributed by atoms with van der Waals surface area (Å²) >= 11 is 0. The number of likely N-dealkylation sites (tertiary alicyclic amines) is 1. The molecule has 1 aliphatic rings. The van der Waals surface area contributed by atoms with E-state index in [9.17, 15) is 4.79 Å². The van der Waals surface area contributed by atoms with Crippen LogP contribution in [0.1, 0.15) is 34.3 Å². The number of H-pyrrole nitrogens is 1. The van der Waals surface area contributed by atoms with Crippen molar-refractivity contribution in [3.63, 3.8) is 0 Å². The molecular weight excluding hydrogens is 322 g/mol.